The van der Waals surface area contributed by atoms with Crippen molar-refractivity contribution in [3.8, 4) is 11.3 Å². The second-order valence-electron chi connectivity index (χ2n) is 6.90. The zero-order valence-corrected chi connectivity index (χ0v) is 15.8. The Labute approximate surface area is 163 Å². The molecule has 0 saturated heterocycles. The molecule has 1 aliphatic rings. The van der Waals surface area contributed by atoms with Crippen molar-refractivity contribution in [2.75, 3.05) is 12.3 Å². The summed E-state index contributed by atoms with van der Waals surface area (Å²) in [6.07, 6.45) is 2.66. The Kier molecular flexibility index (Phi) is 5.03. The van der Waals surface area contributed by atoms with Crippen LogP contribution < -0.4 is 16.4 Å². The standard InChI is InChI=1S/C20H23N7O/c1-13-9-14(17-5-7-23-20(21)25-17)3-4-15(13)11-24-19(28)18-10-16-12-22-6-2-8-27(16)26-18/h3-5,7,9-10,22H,2,6,8,11-12H2,1H3,(H,24,28)(H2,21,23,25). The number of amides is 1. The summed E-state index contributed by atoms with van der Waals surface area (Å²) >= 11 is 0. The van der Waals surface area contributed by atoms with Gasteiger partial charge in [0.25, 0.3) is 5.91 Å². The fourth-order valence-electron chi connectivity index (χ4n) is 3.33. The second kappa shape index (κ2) is 7.77. The number of carbonyl (C=O) groups excluding carboxylic acids is 1. The average molecular weight is 377 g/mol. The number of nitrogens with zero attached hydrogens (tertiary/aromatic N) is 4. The van der Waals surface area contributed by atoms with E-state index in [1.807, 2.05) is 41.9 Å². The Bertz CT molecular complexity index is 988. The first kappa shape index (κ1) is 18.1. The van der Waals surface area contributed by atoms with Crippen molar-refractivity contribution in [3.63, 3.8) is 0 Å². The van der Waals surface area contributed by atoms with Crippen molar-refractivity contribution < 1.29 is 4.79 Å². The summed E-state index contributed by atoms with van der Waals surface area (Å²) in [6, 6.07) is 9.69. The van der Waals surface area contributed by atoms with Crippen LogP contribution in [0.1, 0.15) is 33.7 Å². The fourth-order valence-corrected chi connectivity index (χ4v) is 3.33. The van der Waals surface area contributed by atoms with E-state index in [4.69, 9.17) is 5.73 Å². The Balaban J connectivity index is 1.44. The Morgan fingerprint density at radius 2 is 2.21 bits per heavy atom. The van der Waals surface area contributed by atoms with Gasteiger partial charge in [-0.1, -0.05) is 12.1 Å². The lowest BCUT2D eigenvalue weighted by Crippen LogP contribution is -2.24. The molecule has 0 unspecified atom stereocenters. The third-order valence-electron chi connectivity index (χ3n) is 4.88. The van der Waals surface area contributed by atoms with Gasteiger partial charge in [-0.15, -0.1) is 0 Å². The number of hydrogen-bond donors (Lipinski definition) is 3. The molecule has 0 radical (unpaired) electrons. The molecule has 8 nitrogen and oxygen atoms in total. The van der Waals surface area contributed by atoms with Gasteiger partial charge in [-0.3, -0.25) is 9.48 Å². The van der Waals surface area contributed by atoms with E-state index in [1.54, 1.807) is 6.20 Å². The van der Waals surface area contributed by atoms with Crippen molar-refractivity contribution >= 4 is 11.9 Å². The summed E-state index contributed by atoms with van der Waals surface area (Å²) in [5.41, 5.74) is 11.0. The highest BCUT2D eigenvalue weighted by molar-refractivity contribution is 5.92. The highest BCUT2D eigenvalue weighted by Crippen LogP contribution is 2.21. The van der Waals surface area contributed by atoms with E-state index in [0.29, 0.717) is 12.2 Å². The molecule has 1 aromatic carbocycles. The van der Waals surface area contributed by atoms with Crippen molar-refractivity contribution in [3.05, 3.63) is 59.0 Å². The van der Waals surface area contributed by atoms with Crippen molar-refractivity contribution in [1.82, 2.24) is 30.4 Å². The van der Waals surface area contributed by atoms with Crippen LogP contribution in [0.15, 0.2) is 36.5 Å². The summed E-state index contributed by atoms with van der Waals surface area (Å²) in [7, 11) is 0. The lowest BCUT2D eigenvalue weighted by atomic mass is 10.0. The fraction of sp³-hybridized carbons (Fsp3) is 0.300. The van der Waals surface area contributed by atoms with E-state index in [-0.39, 0.29) is 11.9 Å². The highest BCUT2D eigenvalue weighted by atomic mass is 16.1. The Morgan fingerprint density at radius 1 is 1.32 bits per heavy atom. The molecule has 1 amide bonds. The van der Waals surface area contributed by atoms with Crippen LogP contribution >= 0.6 is 0 Å². The molecule has 28 heavy (non-hydrogen) atoms. The molecule has 1 aliphatic heterocycles. The highest BCUT2D eigenvalue weighted by Gasteiger charge is 2.16. The zero-order valence-electron chi connectivity index (χ0n) is 15.8. The average Bonchev–Trinajstić information content (AvgIpc) is 2.97. The van der Waals surface area contributed by atoms with Gasteiger partial charge < -0.3 is 16.4 Å². The molecule has 3 heterocycles. The molecule has 0 atom stereocenters. The summed E-state index contributed by atoms with van der Waals surface area (Å²) in [5.74, 6) is 0.0905. The van der Waals surface area contributed by atoms with Gasteiger partial charge in [-0.05, 0) is 49.2 Å². The zero-order chi connectivity index (χ0) is 19.5. The number of anilines is 1. The van der Waals surface area contributed by atoms with E-state index >= 15 is 0 Å². The minimum absolute atomic E-state index is 0.160. The van der Waals surface area contributed by atoms with Crippen LogP contribution in [0.25, 0.3) is 11.3 Å². The molecular formula is C20H23N7O. The maximum absolute atomic E-state index is 12.5. The van der Waals surface area contributed by atoms with Crippen molar-refractivity contribution in [2.45, 2.75) is 33.0 Å². The third kappa shape index (κ3) is 3.86. The second-order valence-corrected chi connectivity index (χ2v) is 6.90. The topological polar surface area (TPSA) is 111 Å². The third-order valence-corrected chi connectivity index (χ3v) is 4.88. The number of nitrogens with two attached hydrogens (primary N) is 1. The summed E-state index contributed by atoms with van der Waals surface area (Å²) in [6.45, 7) is 5.01. The van der Waals surface area contributed by atoms with Crippen LogP contribution in [0.5, 0.6) is 0 Å². The van der Waals surface area contributed by atoms with E-state index in [1.165, 1.54) is 0 Å². The van der Waals surface area contributed by atoms with Crippen LogP contribution in [0, 0.1) is 6.92 Å². The molecule has 0 bridgehead atoms. The predicted molar refractivity (Wildman–Crippen MR) is 106 cm³/mol. The predicted octanol–water partition coefficient (Wildman–Crippen LogP) is 1.65. The number of fused-ring (bicyclic) bond motifs is 1. The van der Waals surface area contributed by atoms with Crippen LogP contribution in [-0.4, -0.2) is 32.2 Å². The smallest absolute Gasteiger partial charge is 0.272 e. The number of benzene rings is 1. The largest absolute Gasteiger partial charge is 0.368 e. The number of nitrogen functional groups attached to an aromatic ring is 1. The minimum Gasteiger partial charge on any atom is -0.368 e. The summed E-state index contributed by atoms with van der Waals surface area (Å²) in [5, 5.41) is 10.7. The normalized spacial score (nSPS) is 13.6. The Hall–Kier alpha value is -3.26. The van der Waals surface area contributed by atoms with Gasteiger partial charge in [0.1, 0.15) is 0 Å². The molecule has 4 rings (SSSR count). The monoisotopic (exact) mass is 377 g/mol. The molecule has 0 saturated carbocycles. The summed E-state index contributed by atoms with van der Waals surface area (Å²) < 4.78 is 1.92. The first-order valence-corrected chi connectivity index (χ1v) is 9.34. The SMILES string of the molecule is Cc1cc(-c2ccnc(N)n2)ccc1CNC(=O)c1cc2n(n1)CCCNC2. The van der Waals surface area contributed by atoms with Gasteiger partial charge in [-0.2, -0.15) is 5.10 Å². The van der Waals surface area contributed by atoms with E-state index < -0.39 is 0 Å². The number of hydrogen-bond acceptors (Lipinski definition) is 6. The molecular weight excluding hydrogens is 354 g/mol. The van der Waals surface area contributed by atoms with E-state index in [2.05, 4.69) is 25.7 Å². The minimum atomic E-state index is -0.160. The number of aryl methyl sites for hydroxylation is 2. The molecule has 3 aromatic rings. The van der Waals surface area contributed by atoms with E-state index in [0.717, 1.165) is 54.1 Å². The quantitative estimate of drug-likeness (QED) is 0.638. The lowest BCUT2D eigenvalue weighted by molar-refractivity contribution is 0.0945. The molecule has 8 heteroatoms. The first-order chi connectivity index (χ1) is 13.6. The lowest BCUT2D eigenvalue weighted by Gasteiger charge is -2.09. The summed E-state index contributed by atoms with van der Waals surface area (Å²) in [4.78, 5) is 20.7. The van der Waals surface area contributed by atoms with Crippen LogP contribution in [0.2, 0.25) is 0 Å². The first-order valence-electron chi connectivity index (χ1n) is 9.34. The molecule has 0 spiro atoms. The van der Waals surface area contributed by atoms with E-state index in [9.17, 15) is 4.79 Å². The number of nitrogens with one attached hydrogen (secondary N) is 2. The number of rotatable bonds is 4. The van der Waals surface area contributed by atoms with Crippen molar-refractivity contribution in [1.29, 1.82) is 0 Å². The van der Waals surface area contributed by atoms with Crippen molar-refractivity contribution in [2.24, 2.45) is 0 Å². The maximum atomic E-state index is 12.5. The van der Waals surface area contributed by atoms with Crippen LogP contribution in [0.4, 0.5) is 5.95 Å². The molecule has 0 aliphatic carbocycles. The van der Waals surface area contributed by atoms with Gasteiger partial charge in [0.15, 0.2) is 5.69 Å². The van der Waals surface area contributed by atoms with Gasteiger partial charge in [0.2, 0.25) is 5.95 Å². The van der Waals surface area contributed by atoms with Gasteiger partial charge in [-0.25, -0.2) is 9.97 Å². The molecule has 0 fully saturated rings. The molecule has 4 N–H and O–H groups in total. The van der Waals surface area contributed by atoms with Crippen LogP contribution in [0.3, 0.4) is 0 Å². The number of aromatic nitrogens is 4. The van der Waals surface area contributed by atoms with Crippen LogP contribution in [-0.2, 0) is 19.6 Å². The van der Waals surface area contributed by atoms with Gasteiger partial charge >= 0.3 is 0 Å². The molecule has 144 valence electrons. The number of carbonyl (C=O) groups is 1. The molecule has 2 aromatic heterocycles. The van der Waals surface area contributed by atoms with Gasteiger partial charge in [0.05, 0.1) is 11.4 Å². The Morgan fingerprint density at radius 3 is 3.04 bits per heavy atom. The van der Waals surface area contributed by atoms with Gasteiger partial charge in [0, 0.05) is 31.4 Å². The maximum Gasteiger partial charge on any atom is 0.272 e.